The van der Waals surface area contributed by atoms with Crippen LogP contribution < -0.4 is 0 Å². The van der Waals surface area contributed by atoms with E-state index in [9.17, 15) is 4.79 Å². The lowest BCUT2D eigenvalue weighted by atomic mass is 10.0. The van der Waals surface area contributed by atoms with Crippen LogP contribution in [0.2, 0.25) is 0 Å². The van der Waals surface area contributed by atoms with Crippen molar-refractivity contribution in [2.45, 2.75) is 45.6 Å². The number of hydrogen-bond acceptors (Lipinski definition) is 4. The van der Waals surface area contributed by atoms with Crippen LogP contribution in [0.1, 0.15) is 47.4 Å². The van der Waals surface area contributed by atoms with E-state index in [1.807, 2.05) is 19.9 Å². The van der Waals surface area contributed by atoms with Gasteiger partial charge >= 0.3 is 0 Å². The predicted molar refractivity (Wildman–Crippen MR) is 64.0 cm³/mol. The minimum atomic E-state index is 0.149. The van der Waals surface area contributed by atoms with Crippen molar-refractivity contribution in [2.75, 3.05) is 6.61 Å². The second kappa shape index (κ2) is 5.36. The molecule has 17 heavy (non-hydrogen) atoms. The maximum Gasteiger partial charge on any atom is 0.164 e. The largest absolute Gasteiger partial charge is 0.378 e. The van der Waals surface area contributed by atoms with Gasteiger partial charge in [-0.15, -0.1) is 0 Å². The molecule has 2 heterocycles. The smallest absolute Gasteiger partial charge is 0.164 e. The highest BCUT2D eigenvalue weighted by molar-refractivity contribution is 5.97. The summed E-state index contributed by atoms with van der Waals surface area (Å²) in [6.07, 6.45) is 3.83. The van der Waals surface area contributed by atoms with Gasteiger partial charge in [-0.2, -0.15) is 10.2 Å². The van der Waals surface area contributed by atoms with Gasteiger partial charge in [0, 0.05) is 18.6 Å². The van der Waals surface area contributed by atoms with Crippen LogP contribution in [0.25, 0.3) is 0 Å². The molecule has 4 nitrogen and oxygen atoms in total. The lowest BCUT2D eigenvalue weighted by Crippen LogP contribution is -2.11. The highest BCUT2D eigenvalue weighted by atomic mass is 16.5. The first-order valence-electron chi connectivity index (χ1n) is 6.12. The number of carbonyl (C=O) groups excluding carboxylic acids is 1. The summed E-state index contributed by atoms with van der Waals surface area (Å²) in [6, 6.07) is 1.82. The molecule has 1 atom stereocenters. The molecular formula is C13H18N2O2. The molecule has 0 amide bonds. The van der Waals surface area contributed by atoms with E-state index in [1.54, 1.807) is 0 Å². The number of nitrogens with zero attached hydrogens (tertiary/aromatic N) is 2. The summed E-state index contributed by atoms with van der Waals surface area (Å²) in [5.74, 6) is 0.149. The summed E-state index contributed by atoms with van der Waals surface area (Å²) in [4.78, 5) is 12.1. The highest BCUT2D eigenvalue weighted by Crippen LogP contribution is 2.18. The van der Waals surface area contributed by atoms with Crippen molar-refractivity contribution in [1.29, 1.82) is 0 Å². The summed E-state index contributed by atoms with van der Waals surface area (Å²) < 4.78 is 5.51. The monoisotopic (exact) mass is 234 g/mol. The first-order chi connectivity index (χ1) is 8.16. The number of aromatic nitrogens is 2. The van der Waals surface area contributed by atoms with Gasteiger partial charge in [-0.05, 0) is 39.2 Å². The van der Waals surface area contributed by atoms with E-state index in [4.69, 9.17) is 4.74 Å². The third-order valence-electron chi connectivity index (χ3n) is 3.12. The molecule has 0 spiro atoms. The normalized spacial score (nSPS) is 19.5. The van der Waals surface area contributed by atoms with Crippen molar-refractivity contribution in [3.63, 3.8) is 0 Å². The fourth-order valence-corrected chi connectivity index (χ4v) is 2.13. The van der Waals surface area contributed by atoms with E-state index in [2.05, 4.69) is 10.2 Å². The summed E-state index contributed by atoms with van der Waals surface area (Å²) in [6.45, 7) is 4.52. The minimum Gasteiger partial charge on any atom is -0.378 e. The number of aryl methyl sites for hydroxylation is 2. The average Bonchev–Trinajstić information content (AvgIpc) is 2.82. The Morgan fingerprint density at radius 3 is 3.00 bits per heavy atom. The van der Waals surface area contributed by atoms with Crippen LogP contribution >= 0.6 is 0 Å². The molecule has 0 N–H and O–H groups in total. The zero-order valence-electron chi connectivity index (χ0n) is 10.4. The molecule has 92 valence electrons. The molecule has 2 rings (SSSR count). The minimum absolute atomic E-state index is 0.149. The first kappa shape index (κ1) is 12.2. The van der Waals surface area contributed by atoms with Gasteiger partial charge in [0.05, 0.1) is 17.5 Å². The zero-order valence-corrected chi connectivity index (χ0v) is 10.4. The van der Waals surface area contributed by atoms with Gasteiger partial charge in [-0.3, -0.25) is 4.79 Å². The Kier molecular flexibility index (Phi) is 3.84. The molecule has 4 heteroatoms. The van der Waals surface area contributed by atoms with Gasteiger partial charge < -0.3 is 4.74 Å². The van der Waals surface area contributed by atoms with Crippen LogP contribution in [-0.2, 0) is 4.74 Å². The van der Waals surface area contributed by atoms with Gasteiger partial charge in [-0.25, -0.2) is 0 Å². The number of ether oxygens (including phenoxy) is 1. The van der Waals surface area contributed by atoms with Gasteiger partial charge in [-0.1, -0.05) is 0 Å². The third-order valence-corrected chi connectivity index (χ3v) is 3.12. The summed E-state index contributed by atoms with van der Waals surface area (Å²) in [5.41, 5.74) is 2.21. The Morgan fingerprint density at radius 1 is 1.47 bits per heavy atom. The lowest BCUT2D eigenvalue weighted by molar-refractivity contribution is 0.0858. The van der Waals surface area contributed by atoms with Gasteiger partial charge in [0.2, 0.25) is 0 Å². The SMILES string of the molecule is Cc1cc(C(=O)CCC2CCCO2)c(C)nn1. The van der Waals surface area contributed by atoms with Crippen LogP contribution in [0.3, 0.4) is 0 Å². The van der Waals surface area contributed by atoms with Crippen molar-refractivity contribution < 1.29 is 9.53 Å². The maximum absolute atomic E-state index is 12.1. The van der Waals surface area contributed by atoms with Crippen LogP contribution in [0, 0.1) is 13.8 Å². The van der Waals surface area contributed by atoms with Gasteiger partial charge in [0.15, 0.2) is 5.78 Å². The van der Waals surface area contributed by atoms with Crippen molar-refractivity contribution in [1.82, 2.24) is 10.2 Å². The van der Waals surface area contributed by atoms with E-state index in [0.717, 1.165) is 31.6 Å². The fourth-order valence-electron chi connectivity index (χ4n) is 2.13. The van der Waals surface area contributed by atoms with E-state index < -0.39 is 0 Å². The first-order valence-corrected chi connectivity index (χ1v) is 6.12. The van der Waals surface area contributed by atoms with Crippen LogP contribution in [0.4, 0.5) is 0 Å². The molecule has 1 unspecified atom stereocenters. The van der Waals surface area contributed by atoms with Crippen molar-refractivity contribution in [3.05, 3.63) is 23.0 Å². The van der Waals surface area contributed by atoms with E-state index in [0.29, 0.717) is 17.7 Å². The molecule has 1 saturated heterocycles. The number of ketones is 1. The highest BCUT2D eigenvalue weighted by Gasteiger charge is 2.18. The molecule has 0 bridgehead atoms. The molecule has 0 aromatic carbocycles. The molecule has 0 saturated carbocycles. The summed E-state index contributed by atoms with van der Waals surface area (Å²) in [5, 5.41) is 7.91. The molecular weight excluding hydrogens is 216 g/mol. The molecule has 1 aromatic rings. The lowest BCUT2D eigenvalue weighted by Gasteiger charge is -2.09. The quantitative estimate of drug-likeness (QED) is 0.750. The fraction of sp³-hybridized carbons (Fsp3) is 0.615. The predicted octanol–water partition coefficient (Wildman–Crippen LogP) is 2.24. The van der Waals surface area contributed by atoms with E-state index >= 15 is 0 Å². The second-order valence-electron chi connectivity index (χ2n) is 4.58. The van der Waals surface area contributed by atoms with Crippen molar-refractivity contribution in [2.24, 2.45) is 0 Å². The zero-order chi connectivity index (χ0) is 12.3. The van der Waals surface area contributed by atoms with Crippen molar-refractivity contribution >= 4 is 5.78 Å². The molecule has 0 aliphatic carbocycles. The van der Waals surface area contributed by atoms with Crippen LogP contribution in [0.5, 0.6) is 0 Å². The Balaban J connectivity index is 1.96. The third kappa shape index (κ3) is 3.09. The summed E-state index contributed by atoms with van der Waals surface area (Å²) in [7, 11) is 0. The average molecular weight is 234 g/mol. The van der Waals surface area contributed by atoms with Crippen molar-refractivity contribution in [3.8, 4) is 0 Å². The van der Waals surface area contributed by atoms with Gasteiger partial charge in [0.1, 0.15) is 0 Å². The topological polar surface area (TPSA) is 52.1 Å². The Labute approximate surface area is 101 Å². The Morgan fingerprint density at radius 2 is 2.29 bits per heavy atom. The number of Topliss-reactive ketones (excluding diaryl/α,β-unsaturated/α-hetero) is 1. The number of hydrogen-bond donors (Lipinski definition) is 0. The number of rotatable bonds is 4. The van der Waals surface area contributed by atoms with Gasteiger partial charge in [0.25, 0.3) is 0 Å². The molecule has 1 fully saturated rings. The van der Waals surface area contributed by atoms with E-state index in [1.165, 1.54) is 0 Å². The maximum atomic E-state index is 12.1. The molecule has 1 aliphatic heterocycles. The Bertz CT molecular complexity index is 412. The second-order valence-corrected chi connectivity index (χ2v) is 4.58. The molecule has 1 aliphatic rings. The Hall–Kier alpha value is -1.29. The van der Waals surface area contributed by atoms with Crippen LogP contribution in [0.15, 0.2) is 6.07 Å². The van der Waals surface area contributed by atoms with E-state index in [-0.39, 0.29) is 11.9 Å². The molecule has 1 aromatic heterocycles. The summed E-state index contributed by atoms with van der Waals surface area (Å²) >= 11 is 0. The molecule has 0 radical (unpaired) electrons. The standard InChI is InChI=1S/C13H18N2O2/c1-9-8-12(10(2)15-14-9)13(16)6-5-11-4-3-7-17-11/h8,11H,3-7H2,1-2H3. The van der Waals surface area contributed by atoms with Crippen LogP contribution in [-0.4, -0.2) is 28.7 Å². The number of carbonyl (C=O) groups is 1.